The van der Waals surface area contributed by atoms with Gasteiger partial charge in [0.15, 0.2) is 0 Å². The van der Waals surface area contributed by atoms with Crippen molar-refractivity contribution in [2.24, 2.45) is 5.73 Å². The van der Waals surface area contributed by atoms with Crippen LogP contribution in [0, 0.1) is 5.82 Å². The highest BCUT2D eigenvalue weighted by molar-refractivity contribution is 5.87. The number of carbonyl (C=O) groups excluding carboxylic acids is 1. The van der Waals surface area contributed by atoms with Crippen molar-refractivity contribution in [1.29, 1.82) is 0 Å². The first-order valence-corrected chi connectivity index (χ1v) is 10.00. The smallest absolute Gasteiger partial charge is 0.229 e. The Morgan fingerprint density at radius 2 is 2.03 bits per heavy atom. The molecule has 3 aromatic rings. The summed E-state index contributed by atoms with van der Waals surface area (Å²) in [5.41, 5.74) is 7.94. The Morgan fingerprint density at radius 1 is 1.16 bits per heavy atom. The van der Waals surface area contributed by atoms with Gasteiger partial charge in [-0.2, -0.15) is 0 Å². The lowest BCUT2D eigenvalue weighted by atomic mass is 9.92. The minimum Gasteiger partial charge on any atom is -0.383 e. The van der Waals surface area contributed by atoms with Gasteiger partial charge in [0.25, 0.3) is 0 Å². The molecule has 1 atom stereocenters. The van der Waals surface area contributed by atoms with Gasteiger partial charge in [-0.25, -0.2) is 9.37 Å². The monoisotopic (exact) mass is 423 g/mol. The molecular weight excluding hydrogens is 397 g/mol. The molecule has 0 fully saturated rings. The molecule has 2 aromatic heterocycles. The molecule has 2 heterocycles. The van der Waals surface area contributed by atoms with Crippen molar-refractivity contribution in [3.05, 3.63) is 83.4 Å². The number of hydrogen-bond acceptors (Lipinski definition) is 6. The van der Waals surface area contributed by atoms with Crippen LogP contribution in [0.4, 0.5) is 16.0 Å². The zero-order chi connectivity index (χ0) is 22.1. The highest BCUT2D eigenvalue weighted by atomic mass is 19.1. The first-order valence-electron chi connectivity index (χ1n) is 10.00. The molecule has 0 radical (unpaired) electrons. The number of methoxy groups -OCH3 is 1. The second-order valence-corrected chi connectivity index (χ2v) is 6.98. The van der Waals surface area contributed by atoms with E-state index in [-0.39, 0.29) is 5.82 Å². The van der Waals surface area contributed by atoms with E-state index in [0.29, 0.717) is 48.9 Å². The Kier molecular flexibility index (Phi) is 7.89. The van der Waals surface area contributed by atoms with Gasteiger partial charge in [-0.1, -0.05) is 24.3 Å². The van der Waals surface area contributed by atoms with E-state index in [1.165, 1.54) is 12.1 Å². The molecule has 8 heteroatoms. The maximum atomic E-state index is 13.5. The summed E-state index contributed by atoms with van der Waals surface area (Å²) >= 11 is 0. The number of hydrogen-bond donors (Lipinski definition) is 3. The Labute approximate surface area is 180 Å². The Balaban J connectivity index is 1.86. The van der Waals surface area contributed by atoms with Crippen LogP contribution in [0.3, 0.4) is 0 Å². The summed E-state index contributed by atoms with van der Waals surface area (Å²) in [6, 6.07) is 13.7. The second kappa shape index (κ2) is 11.0. The fourth-order valence-corrected chi connectivity index (χ4v) is 3.29. The van der Waals surface area contributed by atoms with E-state index in [4.69, 9.17) is 10.5 Å². The number of anilines is 2. The standard InChI is InChI=1S/C23H26FN5O2/c1-31-13-12-27-20-8-7-19(21(22(25)30)17-5-3-10-26-15-17)23(29-20)28-11-9-16-4-2-6-18(24)14-16/h2-8,10,14-15,21H,9,11-13H2,1H3,(H2,25,30)(H2,27,28,29). The molecule has 0 aliphatic heterocycles. The van der Waals surface area contributed by atoms with E-state index in [1.54, 1.807) is 37.7 Å². The lowest BCUT2D eigenvalue weighted by Crippen LogP contribution is -2.24. The number of ether oxygens (including phenoxy) is 1. The van der Waals surface area contributed by atoms with E-state index < -0.39 is 11.8 Å². The molecule has 4 N–H and O–H groups in total. The fraction of sp³-hybridized carbons (Fsp3) is 0.261. The van der Waals surface area contributed by atoms with Crippen LogP contribution in [0.15, 0.2) is 60.9 Å². The molecule has 0 spiro atoms. The summed E-state index contributed by atoms with van der Waals surface area (Å²) < 4.78 is 18.5. The molecule has 0 saturated carbocycles. The average Bonchev–Trinajstić information content (AvgIpc) is 2.76. The summed E-state index contributed by atoms with van der Waals surface area (Å²) in [6.45, 7) is 1.63. The number of pyridine rings is 2. The number of benzene rings is 1. The molecule has 1 amide bonds. The van der Waals surface area contributed by atoms with Crippen LogP contribution in [0.2, 0.25) is 0 Å². The largest absolute Gasteiger partial charge is 0.383 e. The zero-order valence-electron chi connectivity index (χ0n) is 17.3. The molecule has 1 unspecified atom stereocenters. The highest BCUT2D eigenvalue weighted by Gasteiger charge is 2.24. The predicted octanol–water partition coefficient (Wildman–Crippen LogP) is 2.95. The molecule has 1 aromatic carbocycles. The van der Waals surface area contributed by atoms with Gasteiger partial charge in [0.2, 0.25) is 5.91 Å². The number of nitrogens with zero attached hydrogens (tertiary/aromatic N) is 2. The zero-order valence-corrected chi connectivity index (χ0v) is 17.3. The molecule has 0 saturated heterocycles. The van der Waals surface area contributed by atoms with Crippen molar-refractivity contribution in [3.8, 4) is 0 Å². The topological polar surface area (TPSA) is 102 Å². The van der Waals surface area contributed by atoms with E-state index in [0.717, 1.165) is 5.56 Å². The number of halogens is 1. The van der Waals surface area contributed by atoms with Gasteiger partial charge < -0.3 is 21.1 Å². The summed E-state index contributed by atoms with van der Waals surface area (Å²) in [4.78, 5) is 21.1. The van der Waals surface area contributed by atoms with Crippen LogP contribution >= 0.6 is 0 Å². The number of amides is 1. The SMILES string of the molecule is COCCNc1ccc(C(C(N)=O)c2cccnc2)c(NCCc2cccc(F)c2)n1. The molecule has 7 nitrogen and oxygen atoms in total. The Morgan fingerprint density at radius 3 is 2.74 bits per heavy atom. The molecule has 31 heavy (non-hydrogen) atoms. The first kappa shape index (κ1) is 22.2. The molecule has 3 rings (SSSR count). The summed E-state index contributed by atoms with van der Waals surface area (Å²) in [5, 5.41) is 6.47. The van der Waals surface area contributed by atoms with Crippen LogP contribution in [0.1, 0.15) is 22.6 Å². The van der Waals surface area contributed by atoms with Gasteiger partial charge in [0.05, 0.1) is 12.5 Å². The number of carbonyl (C=O) groups is 1. The molecule has 0 aliphatic carbocycles. The van der Waals surface area contributed by atoms with Crippen LogP contribution in [-0.4, -0.2) is 42.7 Å². The predicted molar refractivity (Wildman–Crippen MR) is 118 cm³/mol. The lowest BCUT2D eigenvalue weighted by molar-refractivity contribution is -0.118. The van der Waals surface area contributed by atoms with Crippen LogP contribution < -0.4 is 16.4 Å². The van der Waals surface area contributed by atoms with E-state index in [2.05, 4.69) is 20.6 Å². The van der Waals surface area contributed by atoms with Gasteiger partial charge in [0, 0.05) is 38.2 Å². The van der Waals surface area contributed by atoms with E-state index in [1.807, 2.05) is 18.2 Å². The quantitative estimate of drug-likeness (QED) is 0.410. The van der Waals surface area contributed by atoms with Gasteiger partial charge in [0.1, 0.15) is 17.5 Å². The van der Waals surface area contributed by atoms with Crippen LogP contribution in [0.5, 0.6) is 0 Å². The minimum absolute atomic E-state index is 0.272. The lowest BCUT2D eigenvalue weighted by Gasteiger charge is -2.19. The molecular formula is C23H26FN5O2. The number of nitrogens with two attached hydrogens (primary N) is 1. The van der Waals surface area contributed by atoms with Crippen molar-refractivity contribution in [1.82, 2.24) is 9.97 Å². The average molecular weight is 423 g/mol. The van der Waals surface area contributed by atoms with Crippen molar-refractivity contribution in [3.63, 3.8) is 0 Å². The number of nitrogens with one attached hydrogen (secondary N) is 2. The number of primary amides is 1. The normalized spacial score (nSPS) is 11.7. The third-order valence-electron chi connectivity index (χ3n) is 4.75. The Hall–Kier alpha value is -3.52. The van der Waals surface area contributed by atoms with Crippen molar-refractivity contribution in [2.45, 2.75) is 12.3 Å². The van der Waals surface area contributed by atoms with Gasteiger partial charge in [-0.05, 0) is 41.8 Å². The maximum Gasteiger partial charge on any atom is 0.229 e. The van der Waals surface area contributed by atoms with E-state index in [9.17, 15) is 9.18 Å². The number of rotatable bonds is 11. The summed E-state index contributed by atoms with van der Waals surface area (Å²) in [7, 11) is 1.63. The molecule has 0 aliphatic rings. The summed E-state index contributed by atoms with van der Waals surface area (Å²) in [6.07, 6.45) is 3.85. The van der Waals surface area contributed by atoms with Gasteiger partial charge >= 0.3 is 0 Å². The highest BCUT2D eigenvalue weighted by Crippen LogP contribution is 2.30. The number of aromatic nitrogens is 2. The van der Waals surface area contributed by atoms with Gasteiger partial charge in [-0.3, -0.25) is 9.78 Å². The second-order valence-electron chi connectivity index (χ2n) is 6.98. The van der Waals surface area contributed by atoms with Crippen molar-refractivity contribution in [2.75, 3.05) is 37.4 Å². The summed E-state index contributed by atoms with van der Waals surface area (Å²) in [5.74, 6) is -0.296. The first-order chi connectivity index (χ1) is 15.1. The molecule has 0 bridgehead atoms. The fourth-order valence-electron chi connectivity index (χ4n) is 3.29. The maximum absolute atomic E-state index is 13.5. The van der Waals surface area contributed by atoms with E-state index >= 15 is 0 Å². The Bertz CT molecular complexity index is 1000. The van der Waals surface area contributed by atoms with Crippen molar-refractivity contribution >= 4 is 17.5 Å². The third-order valence-corrected chi connectivity index (χ3v) is 4.75. The third kappa shape index (κ3) is 6.23. The minimum atomic E-state index is -0.703. The molecule has 162 valence electrons. The van der Waals surface area contributed by atoms with Crippen molar-refractivity contribution < 1.29 is 13.9 Å². The van der Waals surface area contributed by atoms with Gasteiger partial charge in [-0.15, -0.1) is 0 Å². The van der Waals surface area contributed by atoms with Crippen LogP contribution in [0.25, 0.3) is 0 Å². The van der Waals surface area contributed by atoms with Crippen LogP contribution in [-0.2, 0) is 16.0 Å².